The molecule has 0 saturated carbocycles. The van der Waals surface area contributed by atoms with Crippen molar-refractivity contribution in [2.75, 3.05) is 18.0 Å². The van der Waals surface area contributed by atoms with Crippen molar-refractivity contribution in [1.82, 2.24) is 5.32 Å². The SMILES string of the molecule is COc1ccccc1CNC(=O)CN(c1ccc(Br)cc1)S(=O)(=O)c1ccc(C)cc1. The highest BCUT2D eigenvalue weighted by molar-refractivity contribution is 9.10. The minimum Gasteiger partial charge on any atom is -0.496 e. The molecule has 0 bridgehead atoms. The molecule has 0 saturated heterocycles. The molecule has 0 unspecified atom stereocenters. The van der Waals surface area contributed by atoms with Crippen molar-refractivity contribution in [1.29, 1.82) is 0 Å². The van der Waals surface area contributed by atoms with Crippen LogP contribution in [-0.2, 0) is 21.4 Å². The van der Waals surface area contributed by atoms with Crippen LogP contribution in [0.3, 0.4) is 0 Å². The zero-order chi connectivity index (χ0) is 22.4. The van der Waals surface area contributed by atoms with Crippen molar-refractivity contribution in [3.63, 3.8) is 0 Å². The van der Waals surface area contributed by atoms with E-state index >= 15 is 0 Å². The van der Waals surface area contributed by atoms with Crippen LogP contribution in [0, 0.1) is 6.92 Å². The molecule has 0 radical (unpaired) electrons. The first-order valence-electron chi connectivity index (χ1n) is 9.55. The van der Waals surface area contributed by atoms with Gasteiger partial charge >= 0.3 is 0 Å². The van der Waals surface area contributed by atoms with Crippen molar-refractivity contribution < 1.29 is 17.9 Å². The van der Waals surface area contributed by atoms with Crippen LogP contribution in [-0.4, -0.2) is 28.0 Å². The van der Waals surface area contributed by atoms with Crippen LogP contribution in [0.5, 0.6) is 5.75 Å². The van der Waals surface area contributed by atoms with E-state index in [2.05, 4.69) is 21.2 Å². The predicted molar refractivity (Wildman–Crippen MR) is 125 cm³/mol. The number of aryl methyl sites for hydroxylation is 1. The summed E-state index contributed by atoms with van der Waals surface area (Å²) in [5.74, 6) is 0.226. The summed E-state index contributed by atoms with van der Waals surface area (Å²) in [4.78, 5) is 12.9. The Morgan fingerprint density at radius 2 is 1.65 bits per heavy atom. The van der Waals surface area contributed by atoms with E-state index < -0.39 is 15.9 Å². The summed E-state index contributed by atoms with van der Waals surface area (Å²) >= 11 is 3.35. The molecule has 6 nitrogen and oxygen atoms in total. The highest BCUT2D eigenvalue weighted by Crippen LogP contribution is 2.25. The number of methoxy groups -OCH3 is 1. The molecule has 3 aromatic rings. The predicted octanol–water partition coefficient (Wildman–Crippen LogP) is 4.28. The van der Waals surface area contributed by atoms with Gasteiger partial charge in [-0.3, -0.25) is 9.10 Å². The van der Waals surface area contributed by atoms with Gasteiger partial charge in [0, 0.05) is 16.6 Å². The molecule has 3 rings (SSSR count). The first-order valence-corrected chi connectivity index (χ1v) is 11.8. The average molecular weight is 503 g/mol. The van der Waals surface area contributed by atoms with Crippen molar-refractivity contribution in [3.8, 4) is 5.75 Å². The maximum absolute atomic E-state index is 13.4. The smallest absolute Gasteiger partial charge is 0.264 e. The maximum Gasteiger partial charge on any atom is 0.264 e. The van der Waals surface area contributed by atoms with Crippen molar-refractivity contribution in [3.05, 3.63) is 88.4 Å². The Bertz CT molecular complexity index is 1150. The van der Waals surface area contributed by atoms with Crippen molar-refractivity contribution in [2.45, 2.75) is 18.4 Å². The zero-order valence-corrected chi connectivity index (χ0v) is 19.6. The number of carbonyl (C=O) groups is 1. The van der Waals surface area contributed by atoms with Crippen molar-refractivity contribution in [2.24, 2.45) is 0 Å². The normalized spacial score (nSPS) is 11.1. The number of para-hydroxylation sites is 1. The van der Waals surface area contributed by atoms with Gasteiger partial charge in [-0.05, 0) is 49.4 Å². The van der Waals surface area contributed by atoms with Gasteiger partial charge in [0.1, 0.15) is 12.3 Å². The molecule has 0 spiro atoms. The second-order valence-corrected chi connectivity index (χ2v) is 9.67. The number of carbonyl (C=O) groups excluding carboxylic acids is 1. The second kappa shape index (κ2) is 9.98. The first kappa shape index (κ1) is 22.8. The van der Waals surface area contributed by atoms with Gasteiger partial charge in [-0.2, -0.15) is 0 Å². The van der Waals surface area contributed by atoms with E-state index in [1.807, 2.05) is 25.1 Å². The van der Waals surface area contributed by atoms with Crippen LogP contribution in [0.25, 0.3) is 0 Å². The Balaban J connectivity index is 1.85. The number of hydrogen-bond acceptors (Lipinski definition) is 4. The van der Waals surface area contributed by atoms with Gasteiger partial charge in [-0.25, -0.2) is 8.42 Å². The molecule has 31 heavy (non-hydrogen) atoms. The Labute approximate surface area is 191 Å². The van der Waals surface area contributed by atoms with Gasteiger partial charge in [0.15, 0.2) is 0 Å². The highest BCUT2D eigenvalue weighted by Gasteiger charge is 2.27. The van der Waals surface area contributed by atoms with E-state index in [4.69, 9.17) is 4.74 Å². The molecular weight excluding hydrogens is 480 g/mol. The first-order chi connectivity index (χ1) is 14.8. The topological polar surface area (TPSA) is 75.7 Å². The summed E-state index contributed by atoms with van der Waals surface area (Å²) in [6.07, 6.45) is 0. The standard InChI is InChI=1S/C23H23BrN2O4S/c1-17-7-13-21(14-8-17)31(28,29)26(20-11-9-19(24)10-12-20)16-23(27)25-15-18-5-3-4-6-22(18)30-2/h3-14H,15-16H2,1-2H3,(H,25,27). The third kappa shape index (κ3) is 5.65. The Morgan fingerprint density at radius 1 is 1.00 bits per heavy atom. The lowest BCUT2D eigenvalue weighted by molar-refractivity contribution is -0.119. The molecule has 8 heteroatoms. The fourth-order valence-electron chi connectivity index (χ4n) is 2.99. The number of sulfonamides is 1. The maximum atomic E-state index is 13.4. The summed E-state index contributed by atoms with van der Waals surface area (Å²) in [5.41, 5.74) is 2.15. The Kier molecular flexibility index (Phi) is 7.35. The fourth-order valence-corrected chi connectivity index (χ4v) is 4.67. The molecule has 162 valence electrons. The molecular formula is C23H23BrN2O4S. The highest BCUT2D eigenvalue weighted by atomic mass is 79.9. The lowest BCUT2D eigenvalue weighted by Crippen LogP contribution is -2.40. The fraction of sp³-hybridized carbons (Fsp3) is 0.174. The number of rotatable bonds is 8. The number of benzene rings is 3. The summed E-state index contributed by atoms with van der Waals surface area (Å²) in [6.45, 7) is 1.75. The third-order valence-electron chi connectivity index (χ3n) is 4.68. The number of nitrogens with one attached hydrogen (secondary N) is 1. The van der Waals surface area contributed by atoms with Crippen LogP contribution in [0.1, 0.15) is 11.1 Å². The van der Waals surface area contributed by atoms with Gasteiger partial charge in [-0.1, -0.05) is 51.8 Å². The average Bonchev–Trinajstić information content (AvgIpc) is 2.77. The van der Waals surface area contributed by atoms with Crippen LogP contribution in [0.15, 0.2) is 82.2 Å². The lowest BCUT2D eigenvalue weighted by atomic mass is 10.2. The summed E-state index contributed by atoms with van der Waals surface area (Å²) in [7, 11) is -2.38. The van der Waals surface area contributed by atoms with Gasteiger partial charge in [0.25, 0.3) is 10.0 Å². The number of anilines is 1. The minimum atomic E-state index is -3.94. The van der Waals surface area contributed by atoms with E-state index in [0.717, 1.165) is 19.9 Å². The van der Waals surface area contributed by atoms with Gasteiger partial charge in [-0.15, -0.1) is 0 Å². The van der Waals surface area contributed by atoms with Crippen molar-refractivity contribution >= 4 is 37.5 Å². The number of hydrogen-bond donors (Lipinski definition) is 1. The summed E-state index contributed by atoms with van der Waals surface area (Å²) < 4.78 is 33.9. The van der Waals surface area contributed by atoms with Gasteiger partial charge < -0.3 is 10.1 Å². The molecule has 0 heterocycles. The van der Waals surface area contributed by atoms with E-state index in [1.54, 1.807) is 61.7 Å². The number of halogens is 1. The van der Waals surface area contributed by atoms with E-state index in [1.165, 1.54) is 0 Å². The third-order valence-corrected chi connectivity index (χ3v) is 7.00. The zero-order valence-electron chi connectivity index (χ0n) is 17.2. The molecule has 0 aliphatic carbocycles. The number of ether oxygens (including phenoxy) is 1. The molecule has 0 atom stereocenters. The quantitative estimate of drug-likeness (QED) is 0.498. The molecule has 3 aromatic carbocycles. The van der Waals surface area contributed by atoms with Crippen LogP contribution < -0.4 is 14.4 Å². The molecule has 0 aliphatic rings. The largest absolute Gasteiger partial charge is 0.496 e. The van der Waals surface area contributed by atoms with E-state index in [0.29, 0.717) is 11.4 Å². The van der Waals surface area contributed by atoms with E-state index in [-0.39, 0.29) is 18.0 Å². The molecule has 0 aromatic heterocycles. The number of nitrogens with zero attached hydrogens (tertiary/aromatic N) is 1. The molecule has 0 aliphatic heterocycles. The summed E-state index contributed by atoms with van der Waals surface area (Å²) in [6, 6.07) is 20.7. The Hall–Kier alpha value is -2.84. The Morgan fingerprint density at radius 3 is 2.29 bits per heavy atom. The van der Waals surface area contributed by atoms with E-state index in [9.17, 15) is 13.2 Å². The second-order valence-electron chi connectivity index (χ2n) is 6.89. The molecule has 1 N–H and O–H groups in total. The van der Waals surface area contributed by atoms with Gasteiger partial charge in [0.2, 0.25) is 5.91 Å². The molecule has 0 fully saturated rings. The lowest BCUT2D eigenvalue weighted by Gasteiger charge is -2.24. The summed E-state index contributed by atoms with van der Waals surface area (Å²) in [5, 5.41) is 2.78. The monoisotopic (exact) mass is 502 g/mol. The minimum absolute atomic E-state index is 0.124. The van der Waals surface area contributed by atoms with Crippen LogP contribution in [0.2, 0.25) is 0 Å². The van der Waals surface area contributed by atoms with Gasteiger partial charge in [0.05, 0.1) is 17.7 Å². The number of amides is 1. The molecule has 1 amide bonds. The van der Waals surface area contributed by atoms with Crippen LogP contribution >= 0.6 is 15.9 Å². The van der Waals surface area contributed by atoms with Crippen LogP contribution in [0.4, 0.5) is 5.69 Å².